The number of carbonyl (C=O) groups excluding carboxylic acids is 1. The molecule has 1 fully saturated rings. The summed E-state index contributed by atoms with van der Waals surface area (Å²) in [6, 6.07) is 13.7. The van der Waals surface area contributed by atoms with Crippen LogP contribution in [0.3, 0.4) is 0 Å². The Bertz CT molecular complexity index is 833. The molecule has 1 aromatic carbocycles. The molecule has 0 N–H and O–H groups in total. The second-order valence-electron chi connectivity index (χ2n) is 7.28. The quantitative estimate of drug-likeness (QED) is 0.722. The van der Waals surface area contributed by atoms with E-state index in [4.69, 9.17) is 5.26 Å². The Labute approximate surface area is 173 Å². The lowest BCUT2D eigenvalue weighted by atomic mass is 10.1. The van der Waals surface area contributed by atoms with Crippen molar-refractivity contribution < 1.29 is 4.79 Å². The number of pyridine rings is 1. The summed E-state index contributed by atoms with van der Waals surface area (Å²) in [5, 5.41) is 8.89. The molecular formula is C23H29N5O. The van der Waals surface area contributed by atoms with Crippen LogP contribution in [0.25, 0.3) is 0 Å². The molecule has 1 amide bonds. The monoisotopic (exact) mass is 391 g/mol. The van der Waals surface area contributed by atoms with Gasteiger partial charge in [0.15, 0.2) is 0 Å². The van der Waals surface area contributed by atoms with Gasteiger partial charge in [-0.3, -0.25) is 4.79 Å². The van der Waals surface area contributed by atoms with E-state index in [-0.39, 0.29) is 5.91 Å². The Morgan fingerprint density at radius 2 is 1.83 bits per heavy atom. The number of piperazine rings is 1. The topological polar surface area (TPSA) is 63.5 Å². The third-order valence-electron chi connectivity index (χ3n) is 5.41. The van der Waals surface area contributed by atoms with E-state index >= 15 is 0 Å². The Morgan fingerprint density at radius 1 is 1.10 bits per heavy atom. The molecule has 2 heterocycles. The van der Waals surface area contributed by atoms with Gasteiger partial charge in [-0.25, -0.2) is 4.98 Å². The average molecular weight is 392 g/mol. The molecule has 0 radical (unpaired) electrons. The minimum atomic E-state index is 0.0839. The predicted molar refractivity (Wildman–Crippen MR) is 116 cm³/mol. The number of carbonyl (C=O) groups is 1. The van der Waals surface area contributed by atoms with E-state index in [2.05, 4.69) is 46.8 Å². The largest absolute Gasteiger partial charge is 0.372 e. The summed E-state index contributed by atoms with van der Waals surface area (Å²) in [4.78, 5) is 23.7. The Morgan fingerprint density at radius 3 is 2.38 bits per heavy atom. The molecule has 152 valence electrons. The molecule has 0 unspecified atom stereocenters. The van der Waals surface area contributed by atoms with E-state index in [1.165, 1.54) is 18.5 Å². The predicted octanol–water partition coefficient (Wildman–Crippen LogP) is 3.54. The van der Waals surface area contributed by atoms with Gasteiger partial charge in [0.2, 0.25) is 0 Å². The van der Waals surface area contributed by atoms with Gasteiger partial charge in [0.1, 0.15) is 11.9 Å². The molecule has 1 aliphatic rings. The summed E-state index contributed by atoms with van der Waals surface area (Å²) in [5.74, 6) is 0.938. The number of rotatable bonds is 7. The number of amides is 1. The molecule has 0 aliphatic carbocycles. The van der Waals surface area contributed by atoms with Crippen LogP contribution in [0, 0.1) is 11.3 Å². The number of hydrogen-bond donors (Lipinski definition) is 0. The highest BCUT2D eigenvalue weighted by molar-refractivity contribution is 5.94. The van der Waals surface area contributed by atoms with Crippen molar-refractivity contribution in [3.8, 4) is 6.07 Å². The van der Waals surface area contributed by atoms with Gasteiger partial charge in [-0.05, 0) is 49.7 Å². The second kappa shape index (κ2) is 9.92. The van der Waals surface area contributed by atoms with Gasteiger partial charge in [0.05, 0.1) is 5.56 Å². The second-order valence-corrected chi connectivity index (χ2v) is 7.28. The normalized spacial score (nSPS) is 13.8. The van der Waals surface area contributed by atoms with Crippen LogP contribution in [0.2, 0.25) is 0 Å². The van der Waals surface area contributed by atoms with Gasteiger partial charge in [-0.1, -0.05) is 13.3 Å². The van der Waals surface area contributed by atoms with E-state index in [9.17, 15) is 4.79 Å². The Hall–Kier alpha value is -3.07. The fraction of sp³-hybridized carbons (Fsp3) is 0.435. The molecule has 3 rings (SSSR count). The zero-order valence-electron chi connectivity index (χ0n) is 17.3. The van der Waals surface area contributed by atoms with Crippen molar-refractivity contribution in [1.29, 1.82) is 5.26 Å². The number of unbranched alkanes of at least 4 members (excludes halogenated alkanes) is 1. The molecular weight excluding hydrogens is 362 g/mol. The van der Waals surface area contributed by atoms with Crippen LogP contribution in [0.1, 0.15) is 42.6 Å². The maximum Gasteiger partial charge on any atom is 0.253 e. The van der Waals surface area contributed by atoms with Crippen molar-refractivity contribution in [2.45, 2.75) is 26.7 Å². The first-order valence-electron chi connectivity index (χ1n) is 10.4. The lowest BCUT2D eigenvalue weighted by Gasteiger charge is -2.35. The smallest absolute Gasteiger partial charge is 0.253 e. The molecule has 2 aromatic rings. The van der Waals surface area contributed by atoms with Crippen LogP contribution >= 0.6 is 0 Å². The van der Waals surface area contributed by atoms with Gasteiger partial charge in [0, 0.05) is 56.7 Å². The van der Waals surface area contributed by atoms with Crippen molar-refractivity contribution >= 4 is 17.4 Å². The molecule has 1 aliphatic heterocycles. The number of nitrogens with zero attached hydrogens (tertiary/aromatic N) is 5. The third kappa shape index (κ3) is 5.05. The van der Waals surface area contributed by atoms with E-state index in [1.54, 1.807) is 12.3 Å². The fourth-order valence-electron chi connectivity index (χ4n) is 3.59. The lowest BCUT2D eigenvalue weighted by Crippen LogP contribution is -2.49. The molecule has 6 nitrogen and oxygen atoms in total. The molecule has 0 spiro atoms. The van der Waals surface area contributed by atoms with E-state index < -0.39 is 0 Å². The van der Waals surface area contributed by atoms with Crippen molar-refractivity contribution in [3.05, 3.63) is 53.7 Å². The van der Waals surface area contributed by atoms with Crippen molar-refractivity contribution in [3.63, 3.8) is 0 Å². The standard InChI is InChI=1S/C23H29N5O/c1-3-5-12-26(4-2)21-9-7-20(8-10-21)23(29)28-15-13-27(14-16-28)22-11-6-19(17-24)18-25-22/h6-11,18H,3-5,12-16H2,1-2H3. The third-order valence-corrected chi connectivity index (χ3v) is 5.41. The molecule has 0 atom stereocenters. The minimum Gasteiger partial charge on any atom is -0.372 e. The van der Waals surface area contributed by atoms with Crippen molar-refractivity contribution in [1.82, 2.24) is 9.88 Å². The van der Waals surface area contributed by atoms with Crippen LogP contribution in [0.4, 0.5) is 11.5 Å². The number of anilines is 2. The van der Waals surface area contributed by atoms with Crippen molar-refractivity contribution in [2.75, 3.05) is 49.1 Å². The first-order chi connectivity index (χ1) is 14.2. The molecule has 0 bridgehead atoms. The van der Waals surface area contributed by atoms with Gasteiger partial charge in [0.25, 0.3) is 5.91 Å². The lowest BCUT2D eigenvalue weighted by molar-refractivity contribution is 0.0746. The highest BCUT2D eigenvalue weighted by Gasteiger charge is 2.23. The van der Waals surface area contributed by atoms with Crippen molar-refractivity contribution in [2.24, 2.45) is 0 Å². The van der Waals surface area contributed by atoms with Gasteiger partial charge >= 0.3 is 0 Å². The van der Waals surface area contributed by atoms with Crippen LogP contribution in [-0.2, 0) is 0 Å². The molecule has 0 saturated carbocycles. The number of benzene rings is 1. The molecule has 1 aromatic heterocycles. The summed E-state index contributed by atoms with van der Waals surface area (Å²) < 4.78 is 0. The van der Waals surface area contributed by atoms with Gasteiger partial charge in [-0.2, -0.15) is 5.26 Å². The Kier molecular flexibility index (Phi) is 7.07. The molecule has 29 heavy (non-hydrogen) atoms. The summed E-state index contributed by atoms with van der Waals surface area (Å²) >= 11 is 0. The SMILES string of the molecule is CCCCN(CC)c1ccc(C(=O)N2CCN(c3ccc(C#N)cn3)CC2)cc1. The van der Waals surface area contributed by atoms with Crippen LogP contribution < -0.4 is 9.80 Å². The summed E-state index contributed by atoms with van der Waals surface area (Å²) in [5.41, 5.74) is 2.47. The maximum atomic E-state index is 12.9. The first kappa shape index (κ1) is 20.7. The summed E-state index contributed by atoms with van der Waals surface area (Å²) in [7, 11) is 0. The maximum absolute atomic E-state index is 12.9. The first-order valence-corrected chi connectivity index (χ1v) is 10.4. The molecule has 1 saturated heterocycles. The van der Waals surface area contributed by atoms with E-state index in [0.717, 1.165) is 37.6 Å². The fourth-order valence-corrected chi connectivity index (χ4v) is 3.59. The summed E-state index contributed by atoms with van der Waals surface area (Å²) in [6.45, 7) is 9.19. The highest BCUT2D eigenvalue weighted by Crippen LogP contribution is 2.19. The van der Waals surface area contributed by atoms with E-state index in [1.807, 2.05) is 23.1 Å². The van der Waals surface area contributed by atoms with Crippen LogP contribution in [-0.4, -0.2) is 55.1 Å². The number of nitriles is 1. The Balaban J connectivity index is 1.58. The summed E-state index contributed by atoms with van der Waals surface area (Å²) in [6.07, 6.45) is 3.94. The minimum absolute atomic E-state index is 0.0839. The van der Waals surface area contributed by atoms with E-state index in [0.29, 0.717) is 18.7 Å². The molecule has 6 heteroatoms. The van der Waals surface area contributed by atoms with Crippen LogP contribution in [0.5, 0.6) is 0 Å². The highest BCUT2D eigenvalue weighted by atomic mass is 16.2. The average Bonchev–Trinajstić information content (AvgIpc) is 2.80. The zero-order valence-corrected chi connectivity index (χ0v) is 17.3. The number of aromatic nitrogens is 1. The van der Waals surface area contributed by atoms with Crippen LogP contribution in [0.15, 0.2) is 42.6 Å². The zero-order chi connectivity index (χ0) is 20.6. The van der Waals surface area contributed by atoms with Gasteiger partial charge in [-0.15, -0.1) is 0 Å². The van der Waals surface area contributed by atoms with Gasteiger partial charge < -0.3 is 14.7 Å². The number of hydrogen-bond acceptors (Lipinski definition) is 5.